The smallest absolute Gasteiger partial charge is 0.239 e. The first-order valence-electron chi connectivity index (χ1n) is 10.9. The maximum absolute atomic E-state index is 11.6. The topological polar surface area (TPSA) is 87.0 Å². The van der Waals surface area contributed by atoms with Crippen LogP contribution in [0, 0.1) is 0 Å². The lowest BCUT2D eigenvalue weighted by molar-refractivity contribution is -0.120. The largest absolute Gasteiger partial charge is 0.370 e. The highest BCUT2D eigenvalue weighted by Gasteiger charge is 2.25. The number of hydrogen-bond acceptors (Lipinski definition) is 5. The number of nitrogens with zero attached hydrogens (tertiary/aromatic N) is 5. The zero-order valence-electron chi connectivity index (χ0n) is 18.3. The fourth-order valence-corrected chi connectivity index (χ4v) is 3.91. The number of anilines is 1. The molecule has 1 unspecified atom stereocenters. The van der Waals surface area contributed by atoms with Gasteiger partial charge < -0.3 is 25.2 Å². The van der Waals surface area contributed by atoms with Crippen LogP contribution in [0.15, 0.2) is 41.7 Å². The number of rotatable bonds is 5. The highest BCUT2D eigenvalue weighted by Crippen LogP contribution is 2.22. The van der Waals surface area contributed by atoms with Crippen molar-refractivity contribution in [1.29, 1.82) is 0 Å². The Balaban J connectivity index is 1.40. The van der Waals surface area contributed by atoms with Crippen LogP contribution in [0.5, 0.6) is 0 Å². The monoisotopic (exact) mass is 425 g/mol. The molecule has 2 aliphatic rings. The van der Waals surface area contributed by atoms with E-state index in [0.717, 1.165) is 49.0 Å². The number of piperazine rings is 1. The number of ether oxygens (including phenoxy) is 1. The van der Waals surface area contributed by atoms with Gasteiger partial charge in [0.1, 0.15) is 6.10 Å². The number of morpholine rings is 1. The minimum absolute atomic E-state index is 0.00710. The highest BCUT2D eigenvalue weighted by atomic mass is 16.5. The average Bonchev–Trinajstić information content (AvgIpc) is 3.23. The molecule has 0 spiro atoms. The van der Waals surface area contributed by atoms with Gasteiger partial charge in [-0.2, -0.15) is 5.10 Å². The van der Waals surface area contributed by atoms with Crippen LogP contribution in [0.2, 0.25) is 0 Å². The number of aliphatic imine (C=N–C) groups is 1. The Bertz CT molecular complexity index is 909. The number of aryl methyl sites for hydroxylation is 1. The number of aromatic nitrogens is 2. The predicted octanol–water partition coefficient (Wildman–Crippen LogP) is 0.895. The van der Waals surface area contributed by atoms with Gasteiger partial charge in [0.05, 0.1) is 32.4 Å². The molecule has 2 N–H and O–H groups in total. The second-order valence-electron chi connectivity index (χ2n) is 7.86. The van der Waals surface area contributed by atoms with Crippen molar-refractivity contribution in [1.82, 2.24) is 25.3 Å². The van der Waals surface area contributed by atoms with Crippen molar-refractivity contribution in [2.24, 2.45) is 12.0 Å². The van der Waals surface area contributed by atoms with Crippen LogP contribution in [-0.2, 0) is 23.1 Å². The molecule has 2 fully saturated rings. The van der Waals surface area contributed by atoms with Crippen LogP contribution < -0.4 is 15.5 Å². The van der Waals surface area contributed by atoms with Crippen molar-refractivity contribution in [2.75, 3.05) is 50.8 Å². The molecular weight excluding hydrogens is 394 g/mol. The van der Waals surface area contributed by atoms with E-state index in [1.54, 1.807) is 4.68 Å². The molecule has 4 rings (SSSR count). The second kappa shape index (κ2) is 9.82. The Kier molecular flexibility index (Phi) is 6.71. The molecule has 2 aliphatic heterocycles. The van der Waals surface area contributed by atoms with Crippen molar-refractivity contribution in [2.45, 2.75) is 19.6 Å². The van der Waals surface area contributed by atoms with Crippen LogP contribution in [0.3, 0.4) is 0 Å². The van der Waals surface area contributed by atoms with E-state index in [1.807, 2.05) is 19.4 Å². The van der Waals surface area contributed by atoms with Crippen molar-refractivity contribution in [3.8, 4) is 0 Å². The van der Waals surface area contributed by atoms with Crippen molar-refractivity contribution >= 4 is 17.6 Å². The molecule has 1 atom stereocenters. The van der Waals surface area contributed by atoms with Gasteiger partial charge in [0.15, 0.2) is 5.96 Å². The summed E-state index contributed by atoms with van der Waals surface area (Å²) in [5, 5.41) is 10.5. The third kappa shape index (κ3) is 5.35. The first-order chi connectivity index (χ1) is 15.1. The lowest BCUT2D eigenvalue weighted by Gasteiger charge is -2.34. The molecule has 9 nitrogen and oxygen atoms in total. The maximum atomic E-state index is 11.6. The lowest BCUT2D eigenvalue weighted by Crippen LogP contribution is -2.48. The molecule has 2 aromatic rings. The number of guanidine groups is 1. The van der Waals surface area contributed by atoms with Crippen molar-refractivity contribution in [3.63, 3.8) is 0 Å². The lowest BCUT2D eigenvalue weighted by atomic mass is 10.1. The summed E-state index contributed by atoms with van der Waals surface area (Å²) in [4.78, 5) is 20.8. The summed E-state index contributed by atoms with van der Waals surface area (Å²) in [7, 11) is 1.92. The Morgan fingerprint density at radius 2 is 2.16 bits per heavy atom. The molecule has 1 aromatic carbocycles. The van der Waals surface area contributed by atoms with Gasteiger partial charge >= 0.3 is 0 Å². The van der Waals surface area contributed by atoms with E-state index in [4.69, 9.17) is 9.73 Å². The summed E-state index contributed by atoms with van der Waals surface area (Å²) in [6.45, 7) is 7.63. The van der Waals surface area contributed by atoms with Gasteiger partial charge in [0.2, 0.25) is 5.91 Å². The van der Waals surface area contributed by atoms with E-state index in [2.05, 4.69) is 56.7 Å². The molecule has 9 heteroatoms. The molecule has 0 saturated carbocycles. The Labute approximate surface area is 183 Å². The van der Waals surface area contributed by atoms with Gasteiger partial charge in [0, 0.05) is 50.7 Å². The van der Waals surface area contributed by atoms with Crippen LogP contribution >= 0.6 is 0 Å². The predicted molar refractivity (Wildman–Crippen MR) is 120 cm³/mol. The first-order valence-corrected chi connectivity index (χ1v) is 10.9. The second-order valence-corrected chi connectivity index (χ2v) is 7.86. The van der Waals surface area contributed by atoms with Gasteiger partial charge in [-0.1, -0.05) is 12.1 Å². The third-order valence-corrected chi connectivity index (χ3v) is 5.55. The fourth-order valence-electron chi connectivity index (χ4n) is 3.91. The minimum Gasteiger partial charge on any atom is -0.370 e. The van der Waals surface area contributed by atoms with Crippen LogP contribution in [-0.4, -0.2) is 72.4 Å². The minimum atomic E-state index is -0.00710. The van der Waals surface area contributed by atoms with Crippen LogP contribution in [0.4, 0.5) is 5.69 Å². The van der Waals surface area contributed by atoms with E-state index in [0.29, 0.717) is 26.2 Å². The molecule has 0 bridgehead atoms. The van der Waals surface area contributed by atoms with Gasteiger partial charge in [0.25, 0.3) is 0 Å². The maximum Gasteiger partial charge on any atom is 0.239 e. The van der Waals surface area contributed by atoms with E-state index < -0.39 is 0 Å². The Morgan fingerprint density at radius 3 is 2.87 bits per heavy atom. The molecule has 1 amide bonds. The normalized spacial score (nSPS) is 20.0. The standard InChI is InChI=1S/C22H31N7O2/c1-3-23-22(29-10-11-31-20(15-29)18-13-26-27(2)14-18)25-12-17-4-6-19(7-5-17)28-9-8-24-21(30)16-28/h4-7,13-14,20H,3,8-12,15-16H2,1-2H3,(H,23,25)(H,24,30). The highest BCUT2D eigenvalue weighted by molar-refractivity contribution is 5.82. The summed E-state index contributed by atoms with van der Waals surface area (Å²) in [5.41, 5.74) is 3.30. The van der Waals surface area contributed by atoms with Crippen molar-refractivity contribution in [3.05, 3.63) is 47.8 Å². The number of benzene rings is 1. The summed E-state index contributed by atoms with van der Waals surface area (Å²) in [5.74, 6) is 0.974. The molecule has 166 valence electrons. The number of hydrogen-bond donors (Lipinski definition) is 2. The molecule has 1 aromatic heterocycles. The molecular formula is C22H31N7O2. The summed E-state index contributed by atoms with van der Waals surface area (Å²) in [6.07, 6.45) is 3.87. The number of amides is 1. The zero-order chi connectivity index (χ0) is 21.6. The van der Waals surface area contributed by atoms with E-state index >= 15 is 0 Å². The zero-order valence-corrected chi connectivity index (χ0v) is 18.3. The number of carbonyl (C=O) groups excluding carboxylic acids is 1. The van der Waals surface area contributed by atoms with Gasteiger partial charge in [-0.25, -0.2) is 4.99 Å². The quantitative estimate of drug-likeness (QED) is 0.547. The number of nitrogens with one attached hydrogen (secondary N) is 2. The van der Waals surface area contributed by atoms with Crippen molar-refractivity contribution < 1.29 is 9.53 Å². The summed E-state index contributed by atoms with van der Waals surface area (Å²) in [6, 6.07) is 8.33. The summed E-state index contributed by atoms with van der Waals surface area (Å²) < 4.78 is 7.77. The SMILES string of the molecule is CCNC(=NCc1ccc(N2CCNC(=O)C2)cc1)N1CCOC(c2cnn(C)c2)C1. The Hall–Kier alpha value is -3.07. The van der Waals surface area contributed by atoms with Gasteiger partial charge in [-0.15, -0.1) is 0 Å². The van der Waals surface area contributed by atoms with Gasteiger partial charge in [-0.3, -0.25) is 9.48 Å². The van der Waals surface area contributed by atoms with Gasteiger partial charge in [-0.05, 0) is 24.6 Å². The van der Waals surface area contributed by atoms with E-state index in [1.165, 1.54) is 0 Å². The molecule has 2 saturated heterocycles. The average molecular weight is 426 g/mol. The molecule has 3 heterocycles. The molecule has 0 aliphatic carbocycles. The molecule has 0 radical (unpaired) electrons. The first kappa shape index (κ1) is 21.2. The van der Waals surface area contributed by atoms with E-state index in [-0.39, 0.29) is 12.0 Å². The fraction of sp³-hybridized carbons (Fsp3) is 0.500. The van der Waals surface area contributed by atoms with E-state index in [9.17, 15) is 4.79 Å². The Morgan fingerprint density at radius 1 is 1.32 bits per heavy atom. The number of carbonyl (C=O) groups is 1. The van der Waals surface area contributed by atoms with Crippen LogP contribution in [0.1, 0.15) is 24.2 Å². The summed E-state index contributed by atoms with van der Waals surface area (Å²) >= 11 is 0. The van der Waals surface area contributed by atoms with Crippen LogP contribution in [0.25, 0.3) is 0 Å². The third-order valence-electron chi connectivity index (χ3n) is 5.55. The molecule has 31 heavy (non-hydrogen) atoms.